The van der Waals surface area contributed by atoms with Gasteiger partial charge in [0.2, 0.25) is 5.90 Å². The second-order valence-electron chi connectivity index (χ2n) is 2.87. The Morgan fingerprint density at radius 2 is 2.27 bits per heavy atom. The third-order valence-corrected chi connectivity index (χ3v) is 2.33. The largest absolute Gasteiger partial charge is 0.475 e. The first-order valence-electron chi connectivity index (χ1n) is 4.11. The van der Waals surface area contributed by atoms with E-state index in [0.717, 1.165) is 19.4 Å². The van der Waals surface area contributed by atoms with Crippen molar-refractivity contribution in [2.24, 2.45) is 4.99 Å². The Hall–Kier alpha value is -0.790. The molecule has 0 aromatic rings. The Labute approximate surface area is 68.0 Å². The summed E-state index contributed by atoms with van der Waals surface area (Å²) in [4.78, 5) is 4.45. The molecule has 0 aromatic heterocycles. The fourth-order valence-electron chi connectivity index (χ4n) is 1.22. The maximum Gasteiger partial charge on any atom is 0.208 e. The molecule has 1 aliphatic rings. The molecule has 62 valence electrons. The smallest absolute Gasteiger partial charge is 0.208 e. The van der Waals surface area contributed by atoms with Crippen molar-refractivity contribution in [2.45, 2.75) is 32.2 Å². The highest BCUT2D eigenvalue weighted by Crippen LogP contribution is 2.26. The van der Waals surface area contributed by atoms with Crippen LogP contribution in [0.2, 0.25) is 0 Å². The van der Waals surface area contributed by atoms with E-state index >= 15 is 0 Å². The van der Waals surface area contributed by atoms with E-state index in [1.54, 1.807) is 6.08 Å². The molecule has 0 saturated heterocycles. The van der Waals surface area contributed by atoms with E-state index in [-0.39, 0.29) is 5.54 Å². The standard InChI is InChI=1S/C9H15NO/c1-4-8-10-9(5-2,6-3)7-11-8/h4H,1,5-7H2,2-3H3. The number of rotatable bonds is 3. The molecule has 0 spiro atoms. The predicted octanol–water partition coefficient (Wildman–Crippen LogP) is 2.16. The molecular weight excluding hydrogens is 138 g/mol. The minimum atomic E-state index is 0.0452. The molecule has 2 heteroatoms. The maximum atomic E-state index is 5.33. The van der Waals surface area contributed by atoms with Crippen molar-refractivity contribution < 1.29 is 4.74 Å². The second-order valence-corrected chi connectivity index (χ2v) is 2.87. The van der Waals surface area contributed by atoms with Gasteiger partial charge in [0.05, 0.1) is 5.54 Å². The van der Waals surface area contributed by atoms with Gasteiger partial charge in [0.25, 0.3) is 0 Å². The number of ether oxygens (including phenoxy) is 1. The fraction of sp³-hybridized carbons (Fsp3) is 0.667. The van der Waals surface area contributed by atoms with Gasteiger partial charge in [-0.25, -0.2) is 4.99 Å². The van der Waals surface area contributed by atoms with Gasteiger partial charge in [-0.3, -0.25) is 0 Å². The molecular formula is C9H15NO. The van der Waals surface area contributed by atoms with Gasteiger partial charge in [-0.1, -0.05) is 20.4 Å². The molecule has 11 heavy (non-hydrogen) atoms. The zero-order valence-electron chi connectivity index (χ0n) is 7.26. The van der Waals surface area contributed by atoms with Crippen molar-refractivity contribution in [1.29, 1.82) is 0 Å². The lowest BCUT2D eigenvalue weighted by atomic mass is 9.96. The molecule has 0 amide bonds. The molecule has 0 aromatic carbocycles. The monoisotopic (exact) mass is 153 g/mol. The number of nitrogens with zero attached hydrogens (tertiary/aromatic N) is 1. The highest BCUT2D eigenvalue weighted by molar-refractivity contribution is 5.88. The van der Waals surface area contributed by atoms with Gasteiger partial charge in [0.1, 0.15) is 6.61 Å². The lowest BCUT2D eigenvalue weighted by Crippen LogP contribution is -2.25. The molecule has 0 fully saturated rings. The van der Waals surface area contributed by atoms with E-state index in [1.807, 2.05) is 0 Å². The first-order valence-corrected chi connectivity index (χ1v) is 4.11. The zero-order chi connectivity index (χ0) is 8.32. The summed E-state index contributed by atoms with van der Waals surface area (Å²) in [6.45, 7) is 8.63. The van der Waals surface area contributed by atoms with Crippen LogP contribution in [-0.4, -0.2) is 18.0 Å². The quantitative estimate of drug-likeness (QED) is 0.609. The molecule has 1 aliphatic heterocycles. The van der Waals surface area contributed by atoms with Crippen LogP contribution in [-0.2, 0) is 4.74 Å². The van der Waals surface area contributed by atoms with Crippen molar-refractivity contribution >= 4 is 5.90 Å². The van der Waals surface area contributed by atoms with E-state index < -0.39 is 0 Å². The van der Waals surface area contributed by atoms with Crippen LogP contribution in [0.3, 0.4) is 0 Å². The topological polar surface area (TPSA) is 21.6 Å². The number of hydrogen-bond acceptors (Lipinski definition) is 2. The summed E-state index contributed by atoms with van der Waals surface area (Å²) >= 11 is 0. The SMILES string of the molecule is C=CC1=NC(CC)(CC)CO1. The van der Waals surface area contributed by atoms with Crippen molar-refractivity contribution in [2.75, 3.05) is 6.61 Å². The van der Waals surface area contributed by atoms with E-state index in [0.29, 0.717) is 5.90 Å². The van der Waals surface area contributed by atoms with Crippen LogP contribution in [0.25, 0.3) is 0 Å². The van der Waals surface area contributed by atoms with Crippen LogP contribution in [0.15, 0.2) is 17.6 Å². The summed E-state index contributed by atoms with van der Waals surface area (Å²) in [6.07, 6.45) is 3.76. The minimum absolute atomic E-state index is 0.0452. The maximum absolute atomic E-state index is 5.33. The Bertz CT molecular complexity index is 180. The molecule has 1 rings (SSSR count). The van der Waals surface area contributed by atoms with Gasteiger partial charge in [-0.2, -0.15) is 0 Å². The molecule has 0 saturated carbocycles. The number of aliphatic imine (C=N–C) groups is 1. The molecule has 1 heterocycles. The summed E-state index contributed by atoms with van der Waals surface area (Å²) in [5.41, 5.74) is 0.0452. The van der Waals surface area contributed by atoms with E-state index in [4.69, 9.17) is 4.74 Å². The third-order valence-electron chi connectivity index (χ3n) is 2.33. The predicted molar refractivity (Wildman–Crippen MR) is 46.9 cm³/mol. The summed E-state index contributed by atoms with van der Waals surface area (Å²) in [5, 5.41) is 0. The highest BCUT2D eigenvalue weighted by Gasteiger charge is 2.31. The van der Waals surface area contributed by atoms with Crippen LogP contribution in [0, 0.1) is 0 Å². The first-order chi connectivity index (χ1) is 5.26. The molecule has 0 bridgehead atoms. The summed E-state index contributed by atoms with van der Waals surface area (Å²) in [5.74, 6) is 0.703. The van der Waals surface area contributed by atoms with Gasteiger partial charge >= 0.3 is 0 Å². The molecule has 0 aliphatic carbocycles. The van der Waals surface area contributed by atoms with Crippen molar-refractivity contribution in [1.82, 2.24) is 0 Å². The van der Waals surface area contributed by atoms with Crippen molar-refractivity contribution in [3.8, 4) is 0 Å². The van der Waals surface area contributed by atoms with Gasteiger partial charge in [-0.05, 0) is 18.9 Å². The Kier molecular flexibility index (Phi) is 2.32. The summed E-state index contributed by atoms with van der Waals surface area (Å²) in [6, 6.07) is 0. The summed E-state index contributed by atoms with van der Waals surface area (Å²) < 4.78 is 5.33. The Morgan fingerprint density at radius 1 is 1.64 bits per heavy atom. The van der Waals surface area contributed by atoms with Gasteiger partial charge < -0.3 is 4.74 Å². The van der Waals surface area contributed by atoms with Crippen molar-refractivity contribution in [3.05, 3.63) is 12.7 Å². The third kappa shape index (κ3) is 1.44. The molecule has 0 unspecified atom stereocenters. The van der Waals surface area contributed by atoms with Gasteiger partial charge in [0.15, 0.2) is 0 Å². The van der Waals surface area contributed by atoms with Gasteiger partial charge in [-0.15, -0.1) is 0 Å². The van der Waals surface area contributed by atoms with E-state index in [2.05, 4.69) is 25.4 Å². The Morgan fingerprint density at radius 3 is 2.55 bits per heavy atom. The van der Waals surface area contributed by atoms with E-state index in [9.17, 15) is 0 Å². The van der Waals surface area contributed by atoms with E-state index in [1.165, 1.54) is 0 Å². The lowest BCUT2D eigenvalue weighted by molar-refractivity contribution is 0.245. The molecule has 0 radical (unpaired) electrons. The molecule has 0 atom stereocenters. The minimum Gasteiger partial charge on any atom is -0.475 e. The average Bonchev–Trinajstić information content (AvgIpc) is 2.49. The van der Waals surface area contributed by atoms with Gasteiger partial charge in [0, 0.05) is 0 Å². The molecule has 0 N–H and O–H groups in total. The highest BCUT2D eigenvalue weighted by atomic mass is 16.5. The second kappa shape index (κ2) is 3.07. The first kappa shape index (κ1) is 8.31. The number of hydrogen-bond donors (Lipinski definition) is 0. The fourth-order valence-corrected chi connectivity index (χ4v) is 1.22. The zero-order valence-corrected chi connectivity index (χ0v) is 7.26. The van der Waals surface area contributed by atoms with Crippen LogP contribution in [0.5, 0.6) is 0 Å². The average molecular weight is 153 g/mol. The normalized spacial score (nSPS) is 20.7. The molecule has 2 nitrogen and oxygen atoms in total. The van der Waals surface area contributed by atoms with Crippen molar-refractivity contribution in [3.63, 3.8) is 0 Å². The van der Waals surface area contributed by atoms with Crippen LogP contribution in [0.1, 0.15) is 26.7 Å². The van der Waals surface area contributed by atoms with Crippen LogP contribution >= 0.6 is 0 Å². The van der Waals surface area contributed by atoms with Crippen LogP contribution in [0.4, 0.5) is 0 Å². The van der Waals surface area contributed by atoms with Crippen LogP contribution < -0.4 is 0 Å². The summed E-state index contributed by atoms with van der Waals surface area (Å²) in [7, 11) is 0. The lowest BCUT2D eigenvalue weighted by Gasteiger charge is -2.18. The Balaban J connectivity index is 2.74.